The van der Waals surface area contributed by atoms with Crippen LogP contribution in [0, 0.1) is 18.6 Å². The minimum Gasteiger partial charge on any atom is -0.300 e. The lowest BCUT2D eigenvalue weighted by Gasteiger charge is -2.11. The van der Waals surface area contributed by atoms with E-state index in [1.165, 1.54) is 12.1 Å². The Morgan fingerprint density at radius 2 is 1.77 bits per heavy atom. The molecule has 11 heteroatoms. The molecule has 0 radical (unpaired) electrons. The maximum atomic E-state index is 14.5. The first-order valence-electron chi connectivity index (χ1n) is 10.5. The zero-order chi connectivity index (χ0) is 24.9. The van der Waals surface area contributed by atoms with Crippen LogP contribution in [-0.2, 0) is 17.1 Å². The molecule has 0 bridgehead atoms. The van der Waals surface area contributed by atoms with Crippen LogP contribution in [0.15, 0.2) is 61.1 Å². The summed E-state index contributed by atoms with van der Waals surface area (Å²) >= 11 is 0. The molecule has 8 nitrogen and oxygen atoms in total. The Morgan fingerprint density at radius 1 is 0.971 bits per heavy atom. The third kappa shape index (κ3) is 4.37. The van der Waals surface area contributed by atoms with Crippen LogP contribution < -0.4 is 4.72 Å². The Hall–Kier alpha value is -4.12. The molecule has 0 amide bonds. The van der Waals surface area contributed by atoms with Gasteiger partial charge in [-0.05, 0) is 48.9 Å². The average molecular weight is 495 g/mol. The van der Waals surface area contributed by atoms with Crippen molar-refractivity contribution in [3.8, 4) is 33.6 Å². The van der Waals surface area contributed by atoms with Crippen LogP contribution in [0.2, 0.25) is 0 Å². The predicted molar refractivity (Wildman–Crippen MR) is 129 cm³/mol. The van der Waals surface area contributed by atoms with Crippen molar-refractivity contribution >= 4 is 21.5 Å². The summed E-state index contributed by atoms with van der Waals surface area (Å²) in [6, 6.07) is 10.1. The first kappa shape index (κ1) is 22.7. The van der Waals surface area contributed by atoms with Gasteiger partial charge in [-0.15, -0.1) is 0 Å². The van der Waals surface area contributed by atoms with E-state index in [1.807, 2.05) is 36.7 Å². The molecule has 5 aromatic rings. The van der Waals surface area contributed by atoms with Gasteiger partial charge >= 0.3 is 0 Å². The number of rotatable bonds is 5. The molecular formula is C24H20F2N6O2S. The Kier molecular flexibility index (Phi) is 5.36. The van der Waals surface area contributed by atoms with Crippen LogP contribution in [-0.4, -0.2) is 38.8 Å². The highest BCUT2D eigenvalue weighted by Crippen LogP contribution is 2.31. The van der Waals surface area contributed by atoms with E-state index in [9.17, 15) is 17.2 Å². The molecule has 0 aliphatic carbocycles. The molecule has 0 atom stereocenters. The Morgan fingerprint density at radius 3 is 2.46 bits per heavy atom. The molecule has 0 saturated heterocycles. The van der Waals surface area contributed by atoms with E-state index in [0.717, 1.165) is 35.2 Å². The van der Waals surface area contributed by atoms with Crippen molar-refractivity contribution in [1.29, 1.82) is 0 Å². The third-order valence-electron chi connectivity index (χ3n) is 5.68. The maximum absolute atomic E-state index is 14.5. The van der Waals surface area contributed by atoms with Crippen LogP contribution in [0.25, 0.3) is 39.3 Å². The first-order valence-corrected chi connectivity index (χ1v) is 12.4. The van der Waals surface area contributed by atoms with Crippen molar-refractivity contribution in [1.82, 2.24) is 24.1 Å². The van der Waals surface area contributed by atoms with Crippen LogP contribution in [0.3, 0.4) is 0 Å². The standard InChI is InChI=1S/C24H20F2N6O2S/c1-14-19(12-28-31(14)2)15-6-7-32-22(13-27-24(32)10-15)16-8-21(18-5-4-17(25)11-20(18)26)29-23(9-16)30-35(3,33)34/h4-13H,1-3H3,(H,29,30). The van der Waals surface area contributed by atoms with Crippen molar-refractivity contribution in [3.05, 3.63) is 78.4 Å². The van der Waals surface area contributed by atoms with Crippen LogP contribution in [0.4, 0.5) is 14.6 Å². The highest BCUT2D eigenvalue weighted by molar-refractivity contribution is 7.92. The number of pyridine rings is 2. The topological polar surface area (TPSA) is 94.2 Å². The zero-order valence-electron chi connectivity index (χ0n) is 19.0. The van der Waals surface area contributed by atoms with Crippen molar-refractivity contribution in [2.24, 2.45) is 7.05 Å². The van der Waals surface area contributed by atoms with Crippen molar-refractivity contribution in [2.75, 3.05) is 11.0 Å². The minimum absolute atomic E-state index is 0.00119. The summed E-state index contributed by atoms with van der Waals surface area (Å²) in [4.78, 5) is 8.75. The Labute approximate surface area is 200 Å². The number of nitrogens with zero attached hydrogens (tertiary/aromatic N) is 5. The number of fused-ring (bicyclic) bond motifs is 1. The number of nitrogens with one attached hydrogen (secondary N) is 1. The molecule has 4 aromatic heterocycles. The SMILES string of the molecule is Cc1c(-c2ccn3c(-c4cc(NS(C)(=O)=O)nc(-c5ccc(F)cc5F)c4)cnc3c2)cnn1C. The number of hydrogen-bond acceptors (Lipinski definition) is 5. The van der Waals surface area contributed by atoms with Gasteiger partial charge in [0.1, 0.15) is 23.1 Å². The molecule has 1 N–H and O–H groups in total. The van der Waals surface area contributed by atoms with E-state index >= 15 is 0 Å². The van der Waals surface area contributed by atoms with Crippen LogP contribution >= 0.6 is 0 Å². The van der Waals surface area contributed by atoms with Gasteiger partial charge in [-0.25, -0.2) is 27.2 Å². The van der Waals surface area contributed by atoms with E-state index in [4.69, 9.17) is 0 Å². The highest BCUT2D eigenvalue weighted by Gasteiger charge is 2.16. The second-order valence-electron chi connectivity index (χ2n) is 8.18. The molecule has 0 fully saturated rings. The fourth-order valence-electron chi connectivity index (χ4n) is 3.90. The highest BCUT2D eigenvalue weighted by atomic mass is 32.2. The fraction of sp³-hybridized carbons (Fsp3) is 0.125. The minimum atomic E-state index is -3.66. The first-order chi connectivity index (χ1) is 16.6. The number of aromatic nitrogens is 5. The maximum Gasteiger partial charge on any atom is 0.230 e. The molecule has 35 heavy (non-hydrogen) atoms. The second-order valence-corrected chi connectivity index (χ2v) is 9.93. The molecule has 0 unspecified atom stereocenters. The molecule has 4 heterocycles. The Bertz CT molecular complexity index is 1710. The number of halogens is 2. The molecule has 0 aliphatic rings. The number of anilines is 1. The molecule has 0 aliphatic heterocycles. The lowest BCUT2D eigenvalue weighted by molar-refractivity contribution is 0.585. The van der Waals surface area contributed by atoms with Gasteiger partial charge in [-0.1, -0.05) is 0 Å². The fourth-order valence-corrected chi connectivity index (χ4v) is 4.38. The molecule has 5 rings (SSSR count). The normalized spacial score (nSPS) is 11.8. The molecular weight excluding hydrogens is 474 g/mol. The van der Waals surface area contributed by atoms with E-state index < -0.39 is 21.7 Å². The van der Waals surface area contributed by atoms with Crippen molar-refractivity contribution in [3.63, 3.8) is 0 Å². The number of aryl methyl sites for hydroxylation is 1. The number of hydrogen-bond donors (Lipinski definition) is 1. The summed E-state index contributed by atoms with van der Waals surface area (Å²) in [5, 5.41) is 4.29. The van der Waals surface area contributed by atoms with Gasteiger partial charge < -0.3 is 0 Å². The number of sulfonamides is 1. The summed E-state index contributed by atoms with van der Waals surface area (Å²) in [5.41, 5.74) is 4.96. The van der Waals surface area contributed by atoms with Crippen molar-refractivity contribution < 1.29 is 17.2 Å². The number of benzene rings is 1. The van der Waals surface area contributed by atoms with Crippen molar-refractivity contribution in [2.45, 2.75) is 6.92 Å². The summed E-state index contributed by atoms with van der Waals surface area (Å²) in [7, 11) is -1.78. The molecule has 0 saturated carbocycles. The molecule has 0 spiro atoms. The van der Waals surface area contributed by atoms with Gasteiger partial charge in [0.2, 0.25) is 10.0 Å². The van der Waals surface area contributed by atoms with E-state index in [2.05, 4.69) is 19.8 Å². The third-order valence-corrected chi connectivity index (χ3v) is 6.26. The summed E-state index contributed by atoms with van der Waals surface area (Å²) in [6.45, 7) is 1.98. The second kappa shape index (κ2) is 8.27. The van der Waals surface area contributed by atoms with E-state index in [1.54, 1.807) is 23.1 Å². The van der Waals surface area contributed by atoms with Gasteiger partial charge in [-0.2, -0.15) is 5.10 Å². The average Bonchev–Trinajstić information content (AvgIpc) is 3.35. The van der Waals surface area contributed by atoms with Crippen LogP contribution in [0.5, 0.6) is 0 Å². The van der Waals surface area contributed by atoms with E-state index in [0.29, 0.717) is 16.9 Å². The van der Waals surface area contributed by atoms with Gasteiger partial charge in [0.15, 0.2) is 0 Å². The van der Waals surface area contributed by atoms with Crippen LogP contribution in [0.1, 0.15) is 5.69 Å². The predicted octanol–water partition coefficient (Wildman–Crippen LogP) is 4.42. The van der Waals surface area contributed by atoms with Gasteiger partial charge in [0.05, 0.1) is 30.0 Å². The zero-order valence-corrected chi connectivity index (χ0v) is 19.8. The Balaban J connectivity index is 1.66. The van der Waals surface area contributed by atoms with Gasteiger partial charge in [0, 0.05) is 41.7 Å². The lowest BCUT2D eigenvalue weighted by atomic mass is 10.1. The monoisotopic (exact) mass is 494 g/mol. The lowest BCUT2D eigenvalue weighted by Crippen LogP contribution is -2.11. The number of imidazole rings is 1. The molecule has 178 valence electrons. The quantitative estimate of drug-likeness (QED) is 0.390. The summed E-state index contributed by atoms with van der Waals surface area (Å²) < 4.78 is 57.7. The smallest absolute Gasteiger partial charge is 0.230 e. The van der Waals surface area contributed by atoms with E-state index in [-0.39, 0.29) is 17.1 Å². The summed E-state index contributed by atoms with van der Waals surface area (Å²) in [5.74, 6) is -1.53. The van der Waals surface area contributed by atoms with Gasteiger partial charge in [-0.3, -0.25) is 13.8 Å². The summed E-state index contributed by atoms with van der Waals surface area (Å²) in [6.07, 6.45) is 6.28. The molecule has 1 aromatic carbocycles. The van der Waals surface area contributed by atoms with Gasteiger partial charge in [0.25, 0.3) is 0 Å². The largest absolute Gasteiger partial charge is 0.300 e.